The van der Waals surface area contributed by atoms with Crippen molar-refractivity contribution in [2.45, 2.75) is 44.5 Å². The van der Waals surface area contributed by atoms with E-state index in [4.69, 9.17) is 9.26 Å². The summed E-state index contributed by atoms with van der Waals surface area (Å²) in [5.41, 5.74) is -0.995. The Balaban J connectivity index is 1.82. The topological polar surface area (TPSA) is 127 Å². The minimum atomic E-state index is -5.20. The van der Waals surface area contributed by atoms with Gasteiger partial charge < -0.3 is 18.9 Å². The summed E-state index contributed by atoms with van der Waals surface area (Å²) in [4.78, 5) is 20.1. The van der Waals surface area contributed by atoms with Gasteiger partial charge >= 0.3 is 12.4 Å². The molecule has 4 aromatic rings. The number of ether oxygens (including phenoxy) is 2. The highest BCUT2D eigenvalue weighted by molar-refractivity contribution is 7.92. The maximum absolute atomic E-state index is 15.7. The summed E-state index contributed by atoms with van der Waals surface area (Å²) in [5.74, 6) is -3.82. The van der Waals surface area contributed by atoms with Gasteiger partial charge in [-0.1, -0.05) is 11.2 Å². The van der Waals surface area contributed by atoms with Crippen molar-refractivity contribution >= 4 is 33.4 Å². The number of nitrogens with zero attached hydrogens (tertiary/aromatic N) is 4. The quantitative estimate of drug-likeness (QED) is 0.198. The molecule has 17 heteroatoms. The first-order chi connectivity index (χ1) is 21.3. The summed E-state index contributed by atoms with van der Waals surface area (Å²) >= 11 is 0. The van der Waals surface area contributed by atoms with E-state index in [0.29, 0.717) is 17.7 Å². The van der Waals surface area contributed by atoms with Gasteiger partial charge in [-0.3, -0.25) is 4.72 Å². The fraction of sp³-hybridized carbons (Fsp3) is 0.276. The minimum Gasteiger partial charge on any atom is -0.495 e. The Morgan fingerprint density at radius 2 is 1.70 bits per heavy atom. The Hall–Kier alpha value is -4.93. The van der Waals surface area contributed by atoms with E-state index in [-0.39, 0.29) is 39.1 Å². The summed E-state index contributed by atoms with van der Waals surface area (Å²) in [6, 6.07) is 6.05. The normalized spacial score (nSPS) is 12.1. The number of alkyl halides is 3. The van der Waals surface area contributed by atoms with E-state index in [9.17, 15) is 30.8 Å². The summed E-state index contributed by atoms with van der Waals surface area (Å²) in [6.07, 6.45) is -2.98. The van der Waals surface area contributed by atoms with E-state index in [2.05, 4.69) is 19.6 Å². The summed E-state index contributed by atoms with van der Waals surface area (Å²) in [6.45, 7) is 6.79. The van der Waals surface area contributed by atoms with Crippen LogP contribution in [-0.2, 0) is 10.0 Å². The molecule has 2 aromatic heterocycles. The van der Waals surface area contributed by atoms with Gasteiger partial charge in [-0.15, -0.1) is 13.2 Å². The molecule has 0 bridgehead atoms. The van der Waals surface area contributed by atoms with E-state index in [1.807, 2.05) is 0 Å². The van der Waals surface area contributed by atoms with Gasteiger partial charge in [-0.05, 0) is 63.6 Å². The number of hydrogen-bond donors (Lipinski definition) is 1. The monoisotopic (exact) mass is 669 g/mol. The average molecular weight is 670 g/mol. The number of carbonyl (C=O) groups is 1. The van der Waals surface area contributed by atoms with E-state index in [0.717, 1.165) is 35.4 Å². The molecule has 0 saturated heterocycles. The first-order valence-corrected chi connectivity index (χ1v) is 14.7. The van der Waals surface area contributed by atoms with Crippen LogP contribution in [0.3, 0.4) is 0 Å². The van der Waals surface area contributed by atoms with E-state index in [1.54, 1.807) is 27.7 Å². The van der Waals surface area contributed by atoms with Crippen molar-refractivity contribution in [2.24, 2.45) is 0 Å². The molecule has 2 aromatic carbocycles. The van der Waals surface area contributed by atoms with Crippen molar-refractivity contribution in [3.8, 4) is 22.6 Å². The lowest BCUT2D eigenvalue weighted by Gasteiger charge is -2.36. The predicted octanol–water partition coefficient (Wildman–Crippen LogP) is 7.02. The molecule has 0 saturated carbocycles. The molecule has 2 heterocycles. The zero-order valence-electron chi connectivity index (χ0n) is 25.2. The fourth-order valence-electron chi connectivity index (χ4n) is 3.97. The Kier molecular flexibility index (Phi) is 9.20. The maximum atomic E-state index is 15.7. The number of halogens is 5. The van der Waals surface area contributed by atoms with E-state index in [1.165, 1.54) is 31.4 Å². The molecule has 0 spiro atoms. The van der Waals surface area contributed by atoms with Crippen LogP contribution in [0.1, 0.15) is 26.3 Å². The molecule has 4 rings (SSSR count). The van der Waals surface area contributed by atoms with Crippen LogP contribution in [0.15, 0.2) is 64.3 Å². The number of sulfonamides is 1. The first kappa shape index (κ1) is 34.0. The number of nitrogens with one attached hydrogen (secondary N) is 1. The standard InChI is InChI=1S/C29H28F5N5O6S/c1-16-15-44-36-26(16)37-46(41,42)18-8-10-25(35-14-18)39(27(40)38(5)28(2,3)4)22-13-21(31)19(12-24(22)43-6)17-7-9-20(30)23(11-17)45-29(32,33)34/h7-15H,1-6H3,(H,36,37). The molecule has 0 aliphatic carbocycles. The zero-order chi connectivity index (χ0) is 34.2. The second kappa shape index (κ2) is 12.5. The minimum absolute atomic E-state index is 0.0359. The van der Waals surface area contributed by atoms with Gasteiger partial charge in [-0.25, -0.2) is 31.9 Å². The van der Waals surface area contributed by atoms with Gasteiger partial charge in [0, 0.05) is 36.0 Å². The largest absolute Gasteiger partial charge is 0.573 e. The van der Waals surface area contributed by atoms with Crippen molar-refractivity contribution in [2.75, 3.05) is 23.8 Å². The third-order valence-electron chi connectivity index (χ3n) is 6.70. The smallest absolute Gasteiger partial charge is 0.495 e. The SMILES string of the molecule is COc1cc(-c2ccc(F)c(OC(F)(F)F)c2)c(F)cc1N(C(=O)N(C)C(C)(C)C)c1ccc(S(=O)(=O)Nc2nocc2C)cn1. The molecule has 46 heavy (non-hydrogen) atoms. The lowest BCUT2D eigenvalue weighted by Crippen LogP contribution is -2.48. The van der Waals surface area contributed by atoms with Crippen LogP contribution in [0, 0.1) is 18.6 Å². The third-order valence-corrected chi connectivity index (χ3v) is 8.02. The van der Waals surface area contributed by atoms with Crippen molar-refractivity contribution in [1.82, 2.24) is 15.0 Å². The molecule has 2 amide bonds. The Morgan fingerprint density at radius 1 is 1.00 bits per heavy atom. The molecule has 11 nitrogen and oxygen atoms in total. The molecule has 0 radical (unpaired) electrons. The highest BCUT2D eigenvalue weighted by atomic mass is 32.2. The second-order valence-electron chi connectivity index (χ2n) is 10.8. The number of rotatable bonds is 8. The molecule has 0 atom stereocenters. The van der Waals surface area contributed by atoms with Crippen LogP contribution in [0.4, 0.5) is 44.1 Å². The molecule has 0 unspecified atom stereocenters. The number of hydrogen-bond acceptors (Lipinski definition) is 8. The summed E-state index contributed by atoms with van der Waals surface area (Å²) < 4.78 is 110. The second-order valence-corrected chi connectivity index (χ2v) is 12.5. The molecule has 246 valence electrons. The van der Waals surface area contributed by atoms with Crippen LogP contribution in [0.5, 0.6) is 11.5 Å². The van der Waals surface area contributed by atoms with Gasteiger partial charge in [0.2, 0.25) is 0 Å². The molecule has 0 fully saturated rings. The number of aromatic nitrogens is 2. The maximum Gasteiger partial charge on any atom is 0.573 e. The number of benzene rings is 2. The van der Waals surface area contributed by atoms with Crippen molar-refractivity contribution in [1.29, 1.82) is 0 Å². The third kappa shape index (κ3) is 7.30. The van der Waals surface area contributed by atoms with Gasteiger partial charge in [-0.2, -0.15) is 0 Å². The summed E-state index contributed by atoms with van der Waals surface area (Å²) in [7, 11) is -1.50. The molecule has 0 aliphatic rings. The van der Waals surface area contributed by atoms with Crippen LogP contribution in [0.25, 0.3) is 11.1 Å². The number of carbonyl (C=O) groups excluding carboxylic acids is 1. The number of amides is 2. The highest BCUT2D eigenvalue weighted by Crippen LogP contribution is 2.41. The number of urea groups is 1. The van der Waals surface area contributed by atoms with Gasteiger partial charge in [0.05, 0.1) is 12.8 Å². The van der Waals surface area contributed by atoms with Gasteiger partial charge in [0.1, 0.15) is 28.5 Å². The van der Waals surface area contributed by atoms with E-state index < -0.39 is 45.3 Å². The number of methoxy groups -OCH3 is 1. The Labute approximate surface area is 260 Å². The Bertz CT molecular complexity index is 1860. The van der Waals surface area contributed by atoms with Crippen molar-refractivity contribution < 1.29 is 49.2 Å². The lowest BCUT2D eigenvalue weighted by atomic mass is 10.0. The van der Waals surface area contributed by atoms with Crippen LogP contribution >= 0.6 is 0 Å². The predicted molar refractivity (Wildman–Crippen MR) is 156 cm³/mol. The Morgan fingerprint density at radius 3 is 2.24 bits per heavy atom. The van der Waals surface area contributed by atoms with Crippen molar-refractivity contribution in [3.05, 3.63) is 72.1 Å². The number of anilines is 3. The highest BCUT2D eigenvalue weighted by Gasteiger charge is 2.34. The average Bonchev–Trinajstić information content (AvgIpc) is 3.36. The van der Waals surface area contributed by atoms with Crippen LogP contribution < -0.4 is 19.1 Å². The van der Waals surface area contributed by atoms with Crippen LogP contribution in [0.2, 0.25) is 0 Å². The summed E-state index contributed by atoms with van der Waals surface area (Å²) in [5, 5.41) is 3.59. The fourth-order valence-corrected chi connectivity index (χ4v) is 4.98. The van der Waals surface area contributed by atoms with Crippen molar-refractivity contribution in [3.63, 3.8) is 0 Å². The molecular formula is C29H28F5N5O6S. The van der Waals surface area contributed by atoms with E-state index >= 15 is 4.39 Å². The van der Waals surface area contributed by atoms with Crippen LogP contribution in [-0.4, -0.2) is 55.5 Å². The van der Waals surface area contributed by atoms with Gasteiger partial charge in [0.15, 0.2) is 17.4 Å². The molecular weight excluding hydrogens is 641 g/mol. The first-order valence-electron chi connectivity index (χ1n) is 13.2. The molecule has 0 aliphatic heterocycles. The van der Waals surface area contributed by atoms with Gasteiger partial charge in [0.25, 0.3) is 10.0 Å². The zero-order valence-corrected chi connectivity index (χ0v) is 26.0. The molecule has 1 N–H and O–H groups in total. The lowest BCUT2D eigenvalue weighted by molar-refractivity contribution is -0.275. The number of pyridine rings is 1. The number of aryl methyl sites for hydroxylation is 1.